The predicted molar refractivity (Wildman–Crippen MR) is 122 cm³/mol. The maximum Gasteiger partial charge on any atom is 0.417 e. The van der Waals surface area contributed by atoms with Crippen molar-refractivity contribution < 1.29 is 18.0 Å². The Balaban J connectivity index is 1.53. The summed E-state index contributed by atoms with van der Waals surface area (Å²) in [7, 11) is 0. The van der Waals surface area contributed by atoms with Crippen LogP contribution in [-0.2, 0) is 19.3 Å². The molecule has 0 spiro atoms. The second-order valence-corrected chi connectivity index (χ2v) is 8.57. The third-order valence-corrected chi connectivity index (χ3v) is 6.20. The van der Waals surface area contributed by atoms with E-state index in [4.69, 9.17) is 5.73 Å². The number of fused-ring (bicyclic) bond motifs is 2. The van der Waals surface area contributed by atoms with Gasteiger partial charge in [0.05, 0.1) is 29.4 Å². The Morgan fingerprint density at radius 3 is 2.77 bits per heavy atom. The molecule has 4 heterocycles. The molecule has 5 rings (SSSR count). The Hall–Kier alpha value is -4.02. The highest BCUT2D eigenvalue weighted by Gasteiger charge is 2.34. The largest absolute Gasteiger partial charge is 0.417 e. The predicted octanol–water partition coefficient (Wildman–Crippen LogP) is 4.31. The molecule has 1 aromatic carbocycles. The van der Waals surface area contributed by atoms with E-state index in [9.17, 15) is 18.0 Å². The molecule has 0 saturated heterocycles. The van der Waals surface area contributed by atoms with Crippen molar-refractivity contribution in [2.75, 3.05) is 5.73 Å². The summed E-state index contributed by atoms with van der Waals surface area (Å²) in [5, 5.41) is 5.00. The Kier molecular flexibility index (Phi) is 5.62. The molecule has 11 heteroatoms. The molecule has 1 aliphatic heterocycles. The van der Waals surface area contributed by atoms with Gasteiger partial charge in [-0.3, -0.25) is 9.78 Å². The summed E-state index contributed by atoms with van der Waals surface area (Å²) in [6, 6.07) is 8.90. The molecule has 0 radical (unpaired) electrons. The van der Waals surface area contributed by atoms with Crippen LogP contribution < -0.4 is 5.73 Å². The number of nitrogen functional groups attached to an aromatic ring is 1. The number of aromatic nitrogens is 5. The number of amides is 1. The van der Waals surface area contributed by atoms with E-state index in [-0.39, 0.29) is 12.5 Å². The first-order valence-electron chi connectivity index (χ1n) is 11.1. The molecule has 1 amide bonds. The highest BCUT2D eigenvalue weighted by Crippen LogP contribution is 2.33. The second-order valence-electron chi connectivity index (χ2n) is 8.57. The lowest BCUT2D eigenvalue weighted by Crippen LogP contribution is -2.38. The normalized spacial score (nSPS) is 15.7. The van der Waals surface area contributed by atoms with E-state index in [0.717, 1.165) is 29.6 Å². The van der Waals surface area contributed by atoms with Crippen LogP contribution in [0.25, 0.3) is 10.9 Å². The number of hydrogen-bond acceptors (Lipinski definition) is 6. The lowest BCUT2D eigenvalue weighted by molar-refractivity contribution is -0.137. The van der Waals surface area contributed by atoms with Gasteiger partial charge in [0.15, 0.2) is 0 Å². The molecule has 2 N–H and O–H groups in total. The van der Waals surface area contributed by atoms with E-state index in [1.807, 2.05) is 13.0 Å². The number of nitrogens with two attached hydrogens (primary N) is 1. The second kappa shape index (κ2) is 8.64. The first-order chi connectivity index (χ1) is 16.7. The Bertz CT molecular complexity index is 1400. The average Bonchev–Trinajstić information content (AvgIpc) is 3.32. The molecule has 8 nitrogen and oxygen atoms in total. The number of carbonyl (C=O) groups excluding carboxylic acids is 1. The fourth-order valence-corrected chi connectivity index (χ4v) is 4.34. The van der Waals surface area contributed by atoms with Gasteiger partial charge < -0.3 is 10.6 Å². The van der Waals surface area contributed by atoms with E-state index in [0.29, 0.717) is 41.4 Å². The van der Waals surface area contributed by atoms with Gasteiger partial charge in [-0.1, -0.05) is 0 Å². The van der Waals surface area contributed by atoms with E-state index in [2.05, 4.69) is 20.1 Å². The van der Waals surface area contributed by atoms with Crippen LogP contribution in [0.15, 0.2) is 48.9 Å². The number of carbonyl (C=O) groups is 1. The van der Waals surface area contributed by atoms with Gasteiger partial charge in [-0.15, -0.1) is 0 Å². The van der Waals surface area contributed by atoms with Gasteiger partial charge in [0.25, 0.3) is 5.91 Å². The maximum atomic E-state index is 13.8. The Labute approximate surface area is 198 Å². The summed E-state index contributed by atoms with van der Waals surface area (Å²) in [5.41, 5.74) is 7.30. The zero-order chi connectivity index (χ0) is 24.7. The minimum atomic E-state index is -4.48. The fraction of sp³-hybridized carbons (Fsp3) is 0.292. The summed E-state index contributed by atoms with van der Waals surface area (Å²) in [6.45, 7) is 2.55. The van der Waals surface area contributed by atoms with Gasteiger partial charge in [0.2, 0.25) is 0 Å². The number of rotatable bonds is 4. The molecule has 4 aromatic rings. The monoisotopic (exact) mass is 481 g/mol. The molecule has 0 unspecified atom stereocenters. The van der Waals surface area contributed by atoms with Crippen LogP contribution in [0, 0.1) is 6.92 Å². The molecular weight excluding hydrogens is 459 g/mol. The average molecular weight is 481 g/mol. The maximum absolute atomic E-state index is 13.8. The first-order valence-corrected chi connectivity index (χ1v) is 11.1. The van der Waals surface area contributed by atoms with Gasteiger partial charge >= 0.3 is 6.18 Å². The molecule has 35 heavy (non-hydrogen) atoms. The Morgan fingerprint density at radius 1 is 1.20 bits per heavy atom. The van der Waals surface area contributed by atoms with E-state index >= 15 is 0 Å². The van der Waals surface area contributed by atoms with Gasteiger partial charge in [0, 0.05) is 23.7 Å². The topological polar surface area (TPSA) is 103 Å². The van der Waals surface area contributed by atoms with Gasteiger partial charge in [0.1, 0.15) is 18.0 Å². The van der Waals surface area contributed by atoms with Crippen LogP contribution in [0.3, 0.4) is 0 Å². The molecule has 1 aliphatic rings. The number of aryl methyl sites for hydroxylation is 2. The highest BCUT2D eigenvalue weighted by molar-refractivity contribution is 5.98. The molecule has 1 atom stereocenters. The zero-order valence-electron chi connectivity index (χ0n) is 18.8. The van der Waals surface area contributed by atoms with Crippen LogP contribution in [-0.4, -0.2) is 35.5 Å². The standard InChI is InChI=1S/C24H22F3N7O/c1-14-9-16-10-15(4-7-19(16)32-21(14)28)23(35)33(20-3-2-8-34-22(20)30-13-31-34)12-18-6-5-17(11-29-18)24(25,26)27/h4-7,9-11,13,20H,2-3,8,12H2,1H3,(H2,28,32)/t20-/m1/s1. The van der Waals surface area contributed by atoms with E-state index < -0.39 is 17.8 Å². The SMILES string of the molecule is Cc1cc2cc(C(=O)N(Cc3ccc(C(F)(F)F)cn3)[C@@H]3CCCn4ncnc43)ccc2nc1N. The Morgan fingerprint density at radius 2 is 2.03 bits per heavy atom. The lowest BCUT2D eigenvalue weighted by atomic mass is 10.0. The third-order valence-electron chi connectivity index (χ3n) is 6.20. The van der Waals surface area contributed by atoms with Crippen LogP contribution >= 0.6 is 0 Å². The molecule has 0 saturated carbocycles. The highest BCUT2D eigenvalue weighted by atomic mass is 19.4. The molecule has 0 bridgehead atoms. The quantitative estimate of drug-likeness (QED) is 0.466. The summed E-state index contributed by atoms with van der Waals surface area (Å²) in [5.74, 6) is 0.778. The minimum Gasteiger partial charge on any atom is -0.383 e. The molecule has 3 aromatic heterocycles. The fourth-order valence-electron chi connectivity index (χ4n) is 4.34. The zero-order valence-corrected chi connectivity index (χ0v) is 18.8. The van der Waals surface area contributed by atoms with Gasteiger partial charge in [-0.25, -0.2) is 14.6 Å². The van der Waals surface area contributed by atoms with Crippen molar-refractivity contribution in [1.82, 2.24) is 29.6 Å². The van der Waals surface area contributed by atoms with Crippen LogP contribution in [0.1, 0.15) is 51.9 Å². The number of alkyl halides is 3. The molecule has 0 aliphatic carbocycles. The number of nitrogens with zero attached hydrogens (tertiary/aromatic N) is 6. The third kappa shape index (κ3) is 4.41. The molecule has 0 fully saturated rings. The van der Waals surface area contributed by atoms with Gasteiger partial charge in [-0.2, -0.15) is 18.3 Å². The summed E-state index contributed by atoms with van der Waals surface area (Å²) < 4.78 is 40.7. The van der Waals surface area contributed by atoms with Crippen molar-refractivity contribution >= 4 is 22.6 Å². The number of halogens is 3. The van der Waals surface area contributed by atoms with Crippen LogP contribution in [0.4, 0.5) is 19.0 Å². The number of benzene rings is 1. The van der Waals surface area contributed by atoms with Crippen molar-refractivity contribution in [2.24, 2.45) is 0 Å². The lowest BCUT2D eigenvalue weighted by Gasteiger charge is -2.33. The molecular formula is C24H22F3N7O. The first kappa shape index (κ1) is 22.8. The van der Waals surface area contributed by atoms with Crippen molar-refractivity contribution in [3.8, 4) is 0 Å². The van der Waals surface area contributed by atoms with Crippen molar-refractivity contribution in [2.45, 2.75) is 45.1 Å². The molecule has 180 valence electrons. The number of hydrogen-bond donors (Lipinski definition) is 1. The smallest absolute Gasteiger partial charge is 0.383 e. The van der Waals surface area contributed by atoms with E-state index in [1.165, 1.54) is 12.4 Å². The van der Waals surface area contributed by atoms with Crippen LogP contribution in [0.5, 0.6) is 0 Å². The summed E-state index contributed by atoms with van der Waals surface area (Å²) >= 11 is 0. The summed E-state index contributed by atoms with van der Waals surface area (Å²) in [4.78, 5) is 28.1. The van der Waals surface area contributed by atoms with Crippen LogP contribution in [0.2, 0.25) is 0 Å². The van der Waals surface area contributed by atoms with Crippen molar-refractivity contribution in [1.29, 1.82) is 0 Å². The number of anilines is 1. The number of pyridine rings is 2. The summed E-state index contributed by atoms with van der Waals surface area (Å²) in [6.07, 6.45) is -0.819. The van der Waals surface area contributed by atoms with Crippen molar-refractivity contribution in [3.05, 3.63) is 77.1 Å². The minimum absolute atomic E-state index is 0.0194. The van der Waals surface area contributed by atoms with E-state index in [1.54, 1.807) is 27.8 Å². The van der Waals surface area contributed by atoms with Gasteiger partial charge in [-0.05, 0) is 61.7 Å². The van der Waals surface area contributed by atoms with Crippen molar-refractivity contribution in [3.63, 3.8) is 0 Å².